The molecule has 2 aliphatic rings. The molecule has 0 amide bonds. The van der Waals surface area contributed by atoms with E-state index >= 15 is 0 Å². The van der Waals surface area contributed by atoms with Gasteiger partial charge < -0.3 is 9.84 Å². The fraction of sp³-hybridized carbons (Fsp3) is 0.609. The summed E-state index contributed by atoms with van der Waals surface area (Å²) in [7, 11) is 0. The summed E-state index contributed by atoms with van der Waals surface area (Å²) in [5.74, 6) is 1.66. The first-order chi connectivity index (χ1) is 12.2. The number of benzene rings is 1. The molecular formula is C23H32O3. The number of rotatable bonds is 3. The van der Waals surface area contributed by atoms with E-state index in [0.29, 0.717) is 23.3 Å². The van der Waals surface area contributed by atoms with Crippen molar-refractivity contribution in [2.24, 2.45) is 22.7 Å². The van der Waals surface area contributed by atoms with E-state index in [9.17, 15) is 9.90 Å². The van der Waals surface area contributed by atoms with E-state index in [1.165, 1.54) is 31.8 Å². The Hall–Kier alpha value is -1.77. The maximum atomic E-state index is 11.3. The van der Waals surface area contributed by atoms with Gasteiger partial charge in [0, 0.05) is 6.92 Å². The van der Waals surface area contributed by atoms with Gasteiger partial charge >= 0.3 is 5.97 Å². The number of phenolic OH excluding ortho intramolecular Hbond substituents is 1. The number of hydrogen-bond donors (Lipinski definition) is 1. The van der Waals surface area contributed by atoms with Crippen molar-refractivity contribution in [1.29, 1.82) is 0 Å². The molecule has 1 aromatic carbocycles. The van der Waals surface area contributed by atoms with Gasteiger partial charge in [0.15, 0.2) is 0 Å². The lowest BCUT2D eigenvalue weighted by atomic mass is 9.47. The largest absolute Gasteiger partial charge is 0.508 e. The minimum Gasteiger partial charge on any atom is -0.508 e. The maximum Gasteiger partial charge on any atom is 0.308 e. The Bertz CT molecular complexity index is 735. The highest BCUT2D eigenvalue weighted by atomic mass is 16.5. The third-order valence-electron chi connectivity index (χ3n) is 7.48. The van der Waals surface area contributed by atoms with Crippen molar-refractivity contribution >= 4 is 5.97 Å². The van der Waals surface area contributed by atoms with Crippen molar-refractivity contribution < 1.29 is 14.6 Å². The van der Waals surface area contributed by atoms with Crippen LogP contribution in [0.3, 0.4) is 0 Å². The molecule has 0 aromatic heterocycles. The topological polar surface area (TPSA) is 46.5 Å². The summed E-state index contributed by atoms with van der Waals surface area (Å²) in [6.07, 6.45) is 8.04. The molecule has 3 heteroatoms. The Morgan fingerprint density at radius 1 is 1.31 bits per heavy atom. The molecule has 26 heavy (non-hydrogen) atoms. The zero-order chi connectivity index (χ0) is 19.1. The average Bonchev–Trinajstić information content (AvgIpc) is 2.56. The van der Waals surface area contributed by atoms with E-state index in [0.717, 1.165) is 18.4 Å². The molecule has 2 aliphatic carbocycles. The average molecular weight is 357 g/mol. The quantitative estimate of drug-likeness (QED) is 0.432. The van der Waals surface area contributed by atoms with Crippen LogP contribution in [0.4, 0.5) is 0 Å². The van der Waals surface area contributed by atoms with Crippen LogP contribution < -0.4 is 4.74 Å². The predicted octanol–water partition coefficient (Wildman–Crippen LogP) is 5.66. The second-order valence-corrected chi connectivity index (χ2v) is 8.94. The third kappa shape index (κ3) is 3.17. The van der Waals surface area contributed by atoms with Gasteiger partial charge in [-0.05, 0) is 85.5 Å². The number of carbonyl (C=O) groups is 1. The zero-order valence-corrected chi connectivity index (χ0v) is 16.8. The number of aromatic hydroxyl groups is 1. The maximum absolute atomic E-state index is 11.3. The Balaban J connectivity index is 1.97. The summed E-state index contributed by atoms with van der Waals surface area (Å²) >= 11 is 0. The molecule has 3 nitrogen and oxygen atoms in total. The Kier molecular flexibility index (Phi) is 4.94. The van der Waals surface area contributed by atoms with Crippen LogP contribution in [0, 0.1) is 22.7 Å². The van der Waals surface area contributed by atoms with Crippen LogP contribution in [0.25, 0.3) is 0 Å². The van der Waals surface area contributed by atoms with Crippen molar-refractivity contribution in [1.82, 2.24) is 0 Å². The second-order valence-electron chi connectivity index (χ2n) is 8.94. The molecule has 0 unspecified atom stereocenters. The Labute approximate surface area is 157 Å². The first kappa shape index (κ1) is 19.0. The first-order valence-electron chi connectivity index (χ1n) is 9.84. The molecule has 1 N–H and O–H groups in total. The summed E-state index contributed by atoms with van der Waals surface area (Å²) in [5, 5.41) is 10.5. The van der Waals surface area contributed by atoms with Gasteiger partial charge in [-0.2, -0.15) is 0 Å². The first-order valence-corrected chi connectivity index (χ1v) is 9.84. The lowest BCUT2D eigenvalue weighted by Crippen LogP contribution is -2.50. The van der Waals surface area contributed by atoms with Crippen molar-refractivity contribution in [3.05, 3.63) is 35.4 Å². The standard InChI is InChI=1S/C23H32O3/c1-15-7-6-8-21-22(15,4)12-11-16(2)23(21,5)14-18-13-19(26-17(3)24)9-10-20(18)25/h7,9-10,13,16,21,25H,6,8,11-12,14H2,1-5H3/t16-,21+,22-,23+/m1/s1. The van der Waals surface area contributed by atoms with Crippen molar-refractivity contribution in [2.75, 3.05) is 0 Å². The number of phenols is 1. The number of fused-ring (bicyclic) bond motifs is 1. The summed E-state index contributed by atoms with van der Waals surface area (Å²) < 4.78 is 5.24. The van der Waals surface area contributed by atoms with Gasteiger partial charge in [0.05, 0.1) is 0 Å². The SMILES string of the molecule is CC(=O)Oc1ccc(O)c(C[C@@]2(C)[C@H](C)CC[C@]3(C)C(C)=CCC[C@H]23)c1. The number of esters is 1. The normalized spacial score (nSPS) is 34.0. The molecule has 0 radical (unpaired) electrons. The minimum absolute atomic E-state index is 0.106. The molecule has 0 aliphatic heterocycles. The van der Waals surface area contributed by atoms with Crippen molar-refractivity contribution in [3.63, 3.8) is 0 Å². The number of ether oxygens (including phenoxy) is 1. The van der Waals surface area contributed by atoms with E-state index in [1.807, 2.05) is 6.07 Å². The van der Waals surface area contributed by atoms with Crippen molar-refractivity contribution in [2.45, 2.75) is 66.7 Å². The molecule has 4 atom stereocenters. The van der Waals surface area contributed by atoms with E-state index in [1.54, 1.807) is 12.1 Å². The van der Waals surface area contributed by atoms with Gasteiger partial charge in [0.1, 0.15) is 11.5 Å². The fourth-order valence-electron chi connectivity index (χ4n) is 5.55. The molecule has 142 valence electrons. The molecular weight excluding hydrogens is 324 g/mol. The molecule has 3 rings (SSSR count). The molecule has 0 saturated heterocycles. The predicted molar refractivity (Wildman–Crippen MR) is 104 cm³/mol. The highest BCUT2D eigenvalue weighted by molar-refractivity contribution is 5.69. The smallest absolute Gasteiger partial charge is 0.308 e. The molecule has 0 spiro atoms. The molecule has 0 heterocycles. The van der Waals surface area contributed by atoms with Crippen LogP contribution in [0.2, 0.25) is 0 Å². The van der Waals surface area contributed by atoms with Crippen LogP contribution in [-0.4, -0.2) is 11.1 Å². The molecule has 1 saturated carbocycles. The lowest BCUT2D eigenvalue weighted by molar-refractivity contribution is -0.131. The number of hydrogen-bond acceptors (Lipinski definition) is 3. The van der Waals surface area contributed by atoms with Crippen LogP contribution >= 0.6 is 0 Å². The van der Waals surface area contributed by atoms with E-state index in [2.05, 4.69) is 33.8 Å². The summed E-state index contributed by atoms with van der Waals surface area (Å²) in [4.78, 5) is 11.3. The minimum atomic E-state index is -0.334. The third-order valence-corrected chi connectivity index (χ3v) is 7.48. The summed E-state index contributed by atoms with van der Waals surface area (Å²) in [6, 6.07) is 5.15. The van der Waals surface area contributed by atoms with Crippen molar-refractivity contribution in [3.8, 4) is 11.5 Å². The number of carbonyl (C=O) groups excluding carboxylic acids is 1. The monoisotopic (exact) mass is 356 g/mol. The summed E-state index contributed by atoms with van der Waals surface area (Å²) in [6.45, 7) is 10.9. The van der Waals surface area contributed by atoms with Gasteiger partial charge in [0.2, 0.25) is 0 Å². The zero-order valence-electron chi connectivity index (χ0n) is 16.8. The van der Waals surface area contributed by atoms with E-state index in [4.69, 9.17) is 4.74 Å². The lowest BCUT2D eigenvalue weighted by Gasteiger charge is -2.58. The summed E-state index contributed by atoms with van der Waals surface area (Å²) in [5.41, 5.74) is 2.77. The molecule has 0 bridgehead atoms. The Morgan fingerprint density at radius 3 is 2.73 bits per heavy atom. The highest BCUT2D eigenvalue weighted by Crippen LogP contribution is 2.61. The second kappa shape index (κ2) is 6.75. The van der Waals surface area contributed by atoms with Gasteiger partial charge in [-0.25, -0.2) is 0 Å². The van der Waals surface area contributed by atoms with Crippen LogP contribution in [0.5, 0.6) is 11.5 Å². The highest BCUT2D eigenvalue weighted by Gasteiger charge is 2.53. The van der Waals surface area contributed by atoms with E-state index < -0.39 is 0 Å². The van der Waals surface area contributed by atoms with Gasteiger partial charge in [-0.1, -0.05) is 32.4 Å². The van der Waals surface area contributed by atoms with Gasteiger partial charge in [0.25, 0.3) is 0 Å². The van der Waals surface area contributed by atoms with E-state index in [-0.39, 0.29) is 16.8 Å². The Morgan fingerprint density at radius 2 is 2.04 bits per heavy atom. The van der Waals surface area contributed by atoms with Gasteiger partial charge in [-0.15, -0.1) is 0 Å². The molecule has 1 aromatic rings. The van der Waals surface area contributed by atoms with Gasteiger partial charge in [-0.3, -0.25) is 4.79 Å². The number of allylic oxidation sites excluding steroid dienone is 2. The molecule has 1 fully saturated rings. The fourth-order valence-corrected chi connectivity index (χ4v) is 5.55. The van der Waals surface area contributed by atoms with Crippen LogP contribution in [0.15, 0.2) is 29.8 Å². The van der Waals surface area contributed by atoms with Crippen LogP contribution in [0.1, 0.15) is 65.9 Å². The van der Waals surface area contributed by atoms with Crippen LogP contribution in [-0.2, 0) is 11.2 Å².